The van der Waals surface area contributed by atoms with E-state index >= 15 is 0 Å². The van der Waals surface area contributed by atoms with Crippen molar-refractivity contribution in [3.05, 3.63) is 35.6 Å². The Morgan fingerprint density at radius 3 is 2.95 bits per heavy atom. The summed E-state index contributed by atoms with van der Waals surface area (Å²) in [4.78, 5) is 2.50. The largest absolute Gasteiger partial charge is 0.329 e. The van der Waals surface area contributed by atoms with Crippen LogP contribution in [0.25, 0.3) is 0 Å². The quantitative estimate of drug-likeness (QED) is 0.906. The van der Waals surface area contributed by atoms with Crippen LogP contribution in [0.1, 0.15) is 25.8 Å². The van der Waals surface area contributed by atoms with Crippen LogP contribution < -0.4 is 5.73 Å². The predicted molar refractivity (Wildman–Crippen MR) is 85.7 cm³/mol. The number of hydrogen-bond donors (Lipinski definition) is 1. The van der Waals surface area contributed by atoms with Crippen molar-refractivity contribution in [1.82, 2.24) is 4.90 Å². The average molecular weight is 296 g/mol. The molecule has 2 unspecified atom stereocenters. The first-order chi connectivity index (χ1) is 9.57. The summed E-state index contributed by atoms with van der Waals surface area (Å²) < 4.78 is 13.4. The van der Waals surface area contributed by atoms with Gasteiger partial charge in [0, 0.05) is 36.2 Å². The molecule has 0 saturated carbocycles. The molecular weight excluding hydrogens is 271 g/mol. The lowest BCUT2D eigenvalue weighted by Crippen LogP contribution is -2.57. The van der Waals surface area contributed by atoms with Gasteiger partial charge in [0.25, 0.3) is 0 Å². The second kappa shape index (κ2) is 6.92. The monoisotopic (exact) mass is 296 g/mol. The lowest BCUT2D eigenvalue weighted by molar-refractivity contribution is 0.114. The molecule has 1 saturated heterocycles. The van der Waals surface area contributed by atoms with Gasteiger partial charge in [0.15, 0.2) is 0 Å². The molecular formula is C16H25FN2S. The third-order valence-corrected chi connectivity index (χ3v) is 5.64. The van der Waals surface area contributed by atoms with Gasteiger partial charge in [0.2, 0.25) is 0 Å². The fourth-order valence-electron chi connectivity index (χ4n) is 2.86. The molecule has 2 N–H and O–H groups in total. The molecule has 0 radical (unpaired) electrons. The van der Waals surface area contributed by atoms with E-state index in [9.17, 15) is 4.39 Å². The van der Waals surface area contributed by atoms with Crippen LogP contribution in [0.5, 0.6) is 0 Å². The lowest BCUT2D eigenvalue weighted by atomic mass is 9.90. The van der Waals surface area contributed by atoms with E-state index in [2.05, 4.69) is 30.5 Å². The number of rotatable bonds is 5. The van der Waals surface area contributed by atoms with Crippen LogP contribution >= 0.6 is 11.8 Å². The number of benzene rings is 1. The standard InChI is InChI=1S/C16H25FN2S/c1-3-15-11-19(7-8-20-15)16(2,12-18)10-13-5-4-6-14(17)9-13/h4-6,9,15H,3,7-8,10-12,18H2,1-2H3. The smallest absolute Gasteiger partial charge is 0.123 e. The van der Waals surface area contributed by atoms with Gasteiger partial charge in [0.1, 0.15) is 5.82 Å². The zero-order valence-electron chi connectivity index (χ0n) is 12.4. The summed E-state index contributed by atoms with van der Waals surface area (Å²) in [5.74, 6) is 1.000. The van der Waals surface area contributed by atoms with Crippen LogP contribution in [0.2, 0.25) is 0 Å². The molecule has 1 aromatic carbocycles. The molecule has 2 atom stereocenters. The van der Waals surface area contributed by atoms with E-state index in [0.29, 0.717) is 11.8 Å². The highest BCUT2D eigenvalue weighted by Crippen LogP contribution is 2.28. The Bertz CT molecular complexity index is 440. The molecule has 112 valence electrons. The molecule has 0 bridgehead atoms. The van der Waals surface area contributed by atoms with Crippen molar-refractivity contribution >= 4 is 11.8 Å². The fraction of sp³-hybridized carbons (Fsp3) is 0.625. The molecule has 2 rings (SSSR count). The van der Waals surface area contributed by atoms with Gasteiger partial charge in [-0.05, 0) is 37.5 Å². The summed E-state index contributed by atoms with van der Waals surface area (Å²) in [5.41, 5.74) is 7.02. The minimum atomic E-state index is -0.164. The number of hydrogen-bond acceptors (Lipinski definition) is 3. The summed E-state index contributed by atoms with van der Waals surface area (Å²) in [7, 11) is 0. The third-order valence-electron chi connectivity index (χ3n) is 4.27. The van der Waals surface area contributed by atoms with Crippen molar-refractivity contribution in [2.45, 2.75) is 37.5 Å². The van der Waals surface area contributed by atoms with Crippen molar-refractivity contribution in [3.8, 4) is 0 Å². The van der Waals surface area contributed by atoms with Crippen molar-refractivity contribution in [2.75, 3.05) is 25.4 Å². The first-order valence-electron chi connectivity index (χ1n) is 7.38. The van der Waals surface area contributed by atoms with Crippen LogP contribution in [0, 0.1) is 5.82 Å². The Hall–Kier alpha value is -0.580. The van der Waals surface area contributed by atoms with E-state index in [1.807, 2.05) is 6.07 Å². The van der Waals surface area contributed by atoms with Crippen LogP contribution in [-0.4, -0.2) is 41.1 Å². The van der Waals surface area contributed by atoms with Crippen LogP contribution in [0.15, 0.2) is 24.3 Å². The highest BCUT2D eigenvalue weighted by molar-refractivity contribution is 8.00. The molecule has 1 heterocycles. The van der Waals surface area contributed by atoms with E-state index in [4.69, 9.17) is 5.73 Å². The van der Waals surface area contributed by atoms with E-state index in [1.165, 1.54) is 12.5 Å². The molecule has 0 amide bonds. The van der Waals surface area contributed by atoms with Gasteiger partial charge >= 0.3 is 0 Å². The van der Waals surface area contributed by atoms with Gasteiger partial charge in [-0.2, -0.15) is 11.8 Å². The maximum Gasteiger partial charge on any atom is 0.123 e. The van der Waals surface area contributed by atoms with Crippen LogP contribution in [-0.2, 0) is 6.42 Å². The van der Waals surface area contributed by atoms with E-state index < -0.39 is 0 Å². The fourth-order valence-corrected chi connectivity index (χ4v) is 4.04. The summed E-state index contributed by atoms with van der Waals surface area (Å²) in [6, 6.07) is 6.90. The molecule has 1 aromatic rings. The topological polar surface area (TPSA) is 29.3 Å². The maximum atomic E-state index is 13.4. The van der Waals surface area contributed by atoms with E-state index in [-0.39, 0.29) is 11.4 Å². The Balaban J connectivity index is 2.11. The molecule has 1 aliphatic heterocycles. The third kappa shape index (κ3) is 3.74. The number of thioether (sulfide) groups is 1. The Morgan fingerprint density at radius 2 is 2.30 bits per heavy atom. The highest BCUT2D eigenvalue weighted by atomic mass is 32.2. The average Bonchev–Trinajstić information content (AvgIpc) is 2.47. The van der Waals surface area contributed by atoms with Gasteiger partial charge in [-0.3, -0.25) is 4.90 Å². The molecule has 1 aliphatic rings. The molecule has 20 heavy (non-hydrogen) atoms. The van der Waals surface area contributed by atoms with Gasteiger partial charge < -0.3 is 5.73 Å². The van der Waals surface area contributed by atoms with Gasteiger partial charge in [-0.25, -0.2) is 4.39 Å². The maximum absolute atomic E-state index is 13.4. The molecule has 0 spiro atoms. The summed E-state index contributed by atoms with van der Waals surface area (Å²) >= 11 is 2.06. The van der Waals surface area contributed by atoms with Crippen LogP contribution in [0.3, 0.4) is 0 Å². The Morgan fingerprint density at radius 1 is 1.50 bits per heavy atom. The van der Waals surface area contributed by atoms with Gasteiger partial charge in [0.05, 0.1) is 0 Å². The molecule has 0 aliphatic carbocycles. The van der Waals surface area contributed by atoms with Crippen molar-refractivity contribution < 1.29 is 4.39 Å². The minimum absolute atomic E-state index is 0.0812. The first-order valence-corrected chi connectivity index (χ1v) is 8.43. The summed E-state index contributed by atoms with van der Waals surface area (Å²) in [6.45, 7) is 7.22. The Kier molecular flexibility index (Phi) is 5.47. The van der Waals surface area contributed by atoms with Crippen molar-refractivity contribution in [3.63, 3.8) is 0 Å². The van der Waals surface area contributed by atoms with E-state index in [0.717, 1.165) is 30.8 Å². The summed E-state index contributed by atoms with van der Waals surface area (Å²) in [6.07, 6.45) is 2.00. The second-order valence-corrected chi connectivity index (χ2v) is 7.26. The van der Waals surface area contributed by atoms with Crippen molar-refractivity contribution in [2.24, 2.45) is 5.73 Å². The molecule has 0 aromatic heterocycles. The second-order valence-electron chi connectivity index (χ2n) is 5.85. The lowest BCUT2D eigenvalue weighted by Gasteiger charge is -2.45. The minimum Gasteiger partial charge on any atom is -0.329 e. The Labute approximate surface area is 125 Å². The number of nitrogens with two attached hydrogens (primary N) is 1. The van der Waals surface area contributed by atoms with Crippen LogP contribution in [0.4, 0.5) is 4.39 Å². The van der Waals surface area contributed by atoms with Gasteiger partial charge in [-0.15, -0.1) is 0 Å². The zero-order chi connectivity index (χ0) is 14.6. The molecule has 1 fully saturated rings. The normalized spacial score (nSPS) is 23.5. The zero-order valence-corrected chi connectivity index (χ0v) is 13.3. The summed E-state index contributed by atoms with van der Waals surface area (Å²) in [5, 5.41) is 0.696. The van der Waals surface area contributed by atoms with Crippen molar-refractivity contribution in [1.29, 1.82) is 0 Å². The molecule has 2 nitrogen and oxygen atoms in total. The van der Waals surface area contributed by atoms with E-state index in [1.54, 1.807) is 12.1 Å². The highest BCUT2D eigenvalue weighted by Gasteiger charge is 2.34. The number of nitrogens with zero attached hydrogens (tertiary/aromatic N) is 1. The van der Waals surface area contributed by atoms with Gasteiger partial charge in [-0.1, -0.05) is 19.1 Å². The molecule has 4 heteroatoms. The first kappa shape index (κ1) is 15.8. The predicted octanol–water partition coefficient (Wildman–Crippen LogP) is 2.91. The number of halogens is 1. The SMILES string of the molecule is CCC1CN(C(C)(CN)Cc2cccc(F)c2)CCS1.